The van der Waals surface area contributed by atoms with Crippen LogP contribution in [0.15, 0.2) is 41.4 Å². The molecule has 160 valence electrons. The van der Waals surface area contributed by atoms with Gasteiger partial charge in [0, 0.05) is 36.3 Å². The summed E-state index contributed by atoms with van der Waals surface area (Å²) in [4.78, 5) is 9.86. The van der Waals surface area contributed by atoms with Crippen molar-refractivity contribution >= 4 is 28.9 Å². The zero-order valence-electron chi connectivity index (χ0n) is 18.8. The highest BCUT2D eigenvalue weighted by Crippen LogP contribution is 2.33. The lowest BCUT2D eigenvalue weighted by molar-refractivity contribution is 0.150. The van der Waals surface area contributed by atoms with Gasteiger partial charge in [-0.3, -0.25) is 4.90 Å². The van der Waals surface area contributed by atoms with Gasteiger partial charge in [-0.15, -0.1) is 0 Å². The third kappa shape index (κ3) is 6.10. The van der Waals surface area contributed by atoms with Gasteiger partial charge in [0.15, 0.2) is 0 Å². The third-order valence-electron chi connectivity index (χ3n) is 5.00. The minimum atomic E-state index is 0.670. The fraction of sp³-hybridized carbons (Fsp3) is 0.542. The summed E-state index contributed by atoms with van der Waals surface area (Å²) in [5, 5.41) is 4.24. The number of guanidine groups is 1. The highest BCUT2D eigenvalue weighted by molar-refractivity contribution is 6.31. The smallest absolute Gasteiger partial charge is 0.203 e. The van der Waals surface area contributed by atoms with Crippen molar-refractivity contribution in [3.63, 3.8) is 0 Å². The molecule has 4 nitrogen and oxygen atoms in total. The fourth-order valence-corrected chi connectivity index (χ4v) is 4.02. The van der Waals surface area contributed by atoms with Crippen LogP contribution >= 0.6 is 11.6 Å². The monoisotopic (exact) mass is 416 g/mol. The molecule has 0 aliphatic carbocycles. The molecule has 0 bridgehead atoms. The zero-order valence-corrected chi connectivity index (χ0v) is 19.5. The maximum atomic E-state index is 6.18. The first-order chi connectivity index (χ1) is 14.0. The van der Waals surface area contributed by atoms with Gasteiger partial charge < -0.3 is 10.2 Å². The number of allylic oxidation sites excluding steroid dienone is 2. The average molecular weight is 417 g/mol. The van der Waals surface area contributed by atoms with Crippen molar-refractivity contribution in [3.05, 3.63) is 47.0 Å². The summed E-state index contributed by atoms with van der Waals surface area (Å²) in [6.07, 6.45) is 5.93. The summed E-state index contributed by atoms with van der Waals surface area (Å²) in [7, 11) is 0. The van der Waals surface area contributed by atoms with E-state index in [0.717, 1.165) is 53.1 Å². The Hall–Kier alpha value is -1.78. The second-order valence-electron chi connectivity index (χ2n) is 7.61. The molecule has 29 heavy (non-hydrogen) atoms. The van der Waals surface area contributed by atoms with Crippen molar-refractivity contribution in [2.75, 3.05) is 26.2 Å². The van der Waals surface area contributed by atoms with Gasteiger partial charge in [-0.1, -0.05) is 57.9 Å². The van der Waals surface area contributed by atoms with Crippen LogP contribution < -0.4 is 5.32 Å². The number of hydrogen-bond donors (Lipinski definition) is 1. The first-order valence-corrected chi connectivity index (χ1v) is 11.4. The van der Waals surface area contributed by atoms with E-state index in [9.17, 15) is 0 Å². The van der Waals surface area contributed by atoms with E-state index in [1.165, 1.54) is 25.8 Å². The SMILES string of the molecule is C=C(C)/C=C1\NC(N2CCN3CCCC3C2)=Nc2ccc(Cl)cc21.CC.CCC. The Morgan fingerprint density at radius 1 is 1.28 bits per heavy atom. The maximum absolute atomic E-state index is 6.18. The highest BCUT2D eigenvalue weighted by atomic mass is 35.5. The summed E-state index contributed by atoms with van der Waals surface area (Å²) < 4.78 is 0. The Bertz CT molecular complexity index is 753. The number of fused-ring (bicyclic) bond motifs is 2. The largest absolute Gasteiger partial charge is 0.340 e. The minimum Gasteiger partial charge on any atom is -0.340 e. The van der Waals surface area contributed by atoms with E-state index >= 15 is 0 Å². The van der Waals surface area contributed by atoms with Crippen LogP contribution in [0.3, 0.4) is 0 Å². The summed E-state index contributed by atoms with van der Waals surface area (Å²) in [6.45, 7) is 18.7. The second kappa shape index (κ2) is 11.4. The molecule has 3 heterocycles. The fourth-order valence-electron chi connectivity index (χ4n) is 3.84. The molecule has 1 aromatic carbocycles. The highest BCUT2D eigenvalue weighted by Gasteiger charge is 2.33. The molecule has 2 fully saturated rings. The topological polar surface area (TPSA) is 30.9 Å². The van der Waals surface area contributed by atoms with Gasteiger partial charge in [-0.2, -0.15) is 0 Å². The lowest BCUT2D eigenvalue weighted by Gasteiger charge is -2.40. The van der Waals surface area contributed by atoms with Gasteiger partial charge in [0.2, 0.25) is 5.96 Å². The Kier molecular flexibility index (Phi) is 9.25. The Morgan fingerprint density at radius 3 is 2.69 bits per heavy atom. The first-order valence-electron chi connectivity index (χ1n) is 11.0. The molecule has 2 saturated heterocycles. The molecule has 0 radical (unpaired) electrons. The van der Waals surface area contributed by atoms with Crippen LogP contribution in [0.1, 0.15) is 59.4 Å². The predicted octanol–water partition coefficient (Wildman–Crippen LogP) is 6.07. The molecule has 0 aromatic heterocycles. The molecule has 1 atom stereocenters. The summed E-state index contributed by atoms with van der Waals surface area (Å²) >= 11 is 6.18. The molecule has 5 heteroatoms. The van der Waals surface area contributed by atoms with Gasteiger partial charge >= 0.3 is 0 Å². The van der Waals surface area contributed by atoms with Crippen LogP contribution in [0, 0.1) is 0 Å². The number of hydrogen-bond acceptors (Lipinski definition) is 4. The number of aliphatic imine (C=N–C) groups is 1. The van der Waals surface area contributed by atoms with E-state index in [4.69, 9.17) is 16.6 Å². The summed E-state index contributed by atoms with van der Waals surface area (Å²) in [5.41, 5.74) is 4.03. The molecule has 1 unspecified atom stereocenters. The van der Waals surface area contributed by atoms with Crippen LogP contribution in [0.5, 0.6) is 0 Å². The molecular formula is C24H37ClN4. The summed E-state index contributed by atoms with van der Waals surface area (Å²) in [6, 6.07) is 6.54. The van der Waals surface area contributed by atoms with Crippen molar-refractivity contribution < 1.29 is 0 Å². The lowest BCUT2D eigenvalue weighted by atomic mass is 10.1. The van der Waals surface area contributed by atoms with Gasteiger partial charge in [0.1, 0.15) is 0 Å². The molecule has 3 aliphatic rings. The normalized spacial score (nSPS) is 21.6. The molecule has 0 amide bonds. The van der Waals surface area contributed by atoms with Crippen LogP contribution in [0.4, 0.5) is 5.69 Å². The lowest BCUT2D eigenvalue weighted by Crippen LogP contribution is -2.55. The Morgan fingerprint density at radius 2 is 2.00 bits per heavy atom. The van der Waals surface area contributed by atoms with Crippen molar-refractivity contribution in [2.24, 2.45) is 4.99 Å². The van der Waals surface area contributed by atoms with Crippen molar-refractivity contribution in [3.8, 4) is 0 Å². The van der Waals surface area contributed by atoms with Crippen molar-refractivity contribution in [1.82, 2.24) is 15.1 Å². The van der Waals surface area contributed by atoms with Gasteiger partial charge in [-0.25, -0.2) is 4.99 Å². The molecule has 1 N–H and O–H groups in total. The molecule has 0 saturated carbocycles. The van der Waals surface area contributed by atoms with E-state index in [0.29, 0.717) is 6.04 Å². The van der Waals surface area contributed by atoms with E-state index in [2.05, 4.69) is 41.6 Å². The molecule has 1 aromatic rings. The summed E-state index contributed by atoms with van der Waals surface area (Å²) in [5.74, 6) is 0.948. The van der Waals surface area contributed by atoms with E-state index < -0.39 is 0 Å². The van der Waals surface area contributed by atoms with Crippen molar-refractivity contribution in [1.29, 1.82) is 0 Å². The van der Waals surface area contributed by atoms with Crippen LogP contribution in [-0.2, 0) is 0 Å². The molecule has 4 rings (SSSR count). The second-order valence-corrected chi connectivity index (χ2v) is 8.05. The zero-order chi connectivity index (χ0) is 21.4. The average Bonchev–Trinajstić information content (AvgIpc) is 3.18. The number of halogens is 1. The van der Waals surface area contributed by atoms with E-state index in [-0.39, 0.29) is 0 Å². The van der Waals surface area contributed by atoms with Gasteiger partial charge in [0.25, 0.3) is 0 Å². The Balaban J connectivity index is 0.000000551. The molecule has 0 spiro atoms. The number of benzene rings is 1. The van der Waals surface area contributed by atoms with Crippen LogP contribution in [0.25, 0.3) is 5.70 Å². The van der Waals surface area contributed by atoms with Gasteiger partial charge in [0.05, 0.1) is 11.4 Å². The predicted molar refractivity (Wildman–Crippen MR) is 128 cm³/mol. The van der Waals surface area contributed by atoms with Crippen LogP contribution in [-0.4, -0.2) is 48.0 Å². The van der Waals surface area contributed by atoms with E-state index in [1.54, 1.807) is 0 Å². The quantitative estimate of drug-likeness (QED) is 0.602. The minimum absolute atomic E-state index is 0.670. The van der Waals surface area contributed by atoms with Gasteiger partial charge in [-0.05, 0) is 50.6 Å². The third-order valence-corrected chi connectivity index (χ3v) is 5.23. The number of rotatable bonds is 1. The van der Waals surface area contributed by atoms with Crippen LogP contribution in [0.2, 0.25) is 5.02 Å². The number of nitrogens with one attached hydrogen (secondary N) is 1. The Labute approximate surface area is 182 Å². The standard InChI is InChI=1S/C19H23ClN4.C3H8.C2H6/c1-13(2)10-18-16-11-14(20)5-6-17(16)21-19(22-18)24-9-8-23-7-3-4-15(23)12-24;1-3-2;1-2/h5-6,10-11,15H,1,3-4,7-9,12H2,2H3,(H,21,22);3H2,1-2H3;1-2H3/b18-10-;;. The number of nitrogens with zero attached hydrogens (tertiary/aromatic N) is 3. The molecule has 3 aliphatic heterocycles. The molecular weight excluding hydrogens is 380 g/mol. The van der Waals surface area contributed by atoms with E-state index in [1.807, 2.05) is 39.0 Å². The number of piperazine rings is 1. The maximum Gasteiger partial charge on any atom is 0.203 e. The first kappa shape index (κ1) is 23.5. The van der Waals surface area contributed by atoms with Crippen molar-refractivity contribution in [2.45, 2.75) is 59.9 Å².